The maximum atomic E-state index is 12.7. The maximum absolute atomic E-state index is 12.7. The first-order valence-corrected chi connectivity index (χ1v) is 7.32. The quantitative estimate of drug-likeness (QED) is 0.855. The van der Waals surface area contributed by atoms with Crippen molar-refractivity contribution in [2.45, 2.75) is 45.3 Å². The molecule has 7 heteroatoms. The predicted molar refractivity (Wildman–Crippen MR) is 88.0 cm³/mol. The van der Waals surface area contributed by atoms with Crippen LogP contribution in [0.4, 0.5) is 14.5 Å². The van der Waals surface area contributed by atoms with E-state index < -0.39 is 17.4 Å². The molecule has 1 aromatic carbocycles. The van der Waals surface area contributed by atoms with Crippen molar-refractivity contribution in [3.8, 4) is 0 Å². The SMILES string of the molecule is CCOC1CC(N)(C(=O)Nc2cccc(C(F)F)c2)C1(C)C.Cl. The summed E-state index contributed by atoms with van der Waals surface area (Å²) in [6, 6.07) is 5.63. The summed E-state index contributed by atoms with van der Waals surface area (Å²) in [5.74, 6) is -0.375. The summed E-state index contributed by atoms with van der Waals surface area (Å²) in [5, 5.41) is 2.65. The number of nitrogens with two attached hydrogens (primary N) is 1. The minimum absolute atomic E-state index is 0. The van der Waals surface area contributed by atoms with E-state index in [4.69, 9.17) is 10.5 Å². The molecule has 3 N–H and O–H groups in total. The third-order valence-electron chi connectivity index (χ3n) is 4.63. The third-order valence-corrected chi connectivity index (χ3v) is 4.63. The van der Waals surface area contributed by atoms with Crippen molar-refractivity contribution in [3.05, 3.63) is 29.8 Å². The number of benzene rings is 1. The van der Waals surface area contributed by atoms with E-state index in [2.05, 4.69) is 5.32 Å². The molecular weight excluding hydrogens is 326 g/mol. The molecule has 1 aliphatic rings. The van der Waals surface area contributed by atoms with Gasteiger partial charge in [0.1, 0.15) is 5.54 Å². The summed E-state index contributed by atoms with van der Waals surface area (Å²) in [5.41, 5.74) is 4.84. The number of halogens is 3. The highest BCUT2D eigenvalue weighted by atomic mass is 35.5. The van der Waals surface area contributed by atoms with Gasteiger partial charge in [0.25, 0.3) is 6.43 Å². The predicted octanol–water partition coefficient (Wildman–Crippen LogP) is 3.52. The number of ether oxygens (including phenoxy) is 1. The second-order valence-electron chi connectivity index (χ2n) is 6.22. The molecule has 130 valence electrons. The zero-order valence-corrected chi connectivity index (χ0v) is 14.3. The zero-order valence-electron chi connectivity index (χ0n) is 13.4. The first kappa shape index (κ1) is 19.8. The van der Waals surface area contributed by atoms with E-state index >= 15 is 0 Å². The van der Waals surface area contributed by atoms with Crippen LogP contribution in [-0.4, -0.2) is 24.2 Å². The van der Waals surface area contributed by atoms with Crippen molar-refractivity contribution in [2.24, 2.45) is 11.1 Å². The van der Waals surface area contributed by atoms with Gasteiger partial charge in [-0.3, -0.25) is 4.79 Å². The maximum Gasteiger partial charge on any atom is 0.263 e. The first-order valence-electron chi connectivity index (χ1n) is 7.32. The van der Waals surface area contributed by atoms with Gasteiger partial charge in [0.15, 0.2) is 0 Å². The number of hydrogen-bond acceptors (Lipinski definition) is 3. The standard InChI is InChI=1S/C16H22F2N2O2.ClH/c1-4-22-12-9-16(19,15(12,2)3)14(21)20-11-7-5-6-10(8-11)13(17)18;/h5-8,12-13H,4,9,19H2,1-3H3,(H,20,21);1H. The Labute approximate surface area is 141 Å². The van der Waals surface area contributed by atoms with E-state index in [1.54, 1.807) is 6.07 Å². The summed E-state index contributed by atoms with van der Waals surface area (Å²) in [4.78, 5) is 12.5. The lowest BCUT2D eigenvalue weighted by atomic mass is 9.54. The van der Waals surface area contributed by atoms with Crippen molar-refractivity contribution >= 4 is 24.0 Å². The average molecular weight is 349 g/mol. The lowest BCUT2D eigenvalue weighted by Crippen LogP contribution is -2.74. The minimum atomic E-state index is -2.58. The summed E-state index contributed by atoms with van der Waals surface area (Å²) in [6.07, 6.45) is -2.25. The van der Waals surface area contributed by atoms with Gasteiger partial charge in [-0.1, -0.05) is 26.0 Å². The molecule has 2 rings (SSSR count). The number of carbonyl (C=O) groups excluding carboxylic acids is 1. The van der Waals surface area contributed by atoms with Crippen LogP contribution in [0.25, 0.3) is 0 Å². The monoisotopic (exact) mass is 348 g/mol. The molecule has 4 nitrogen and oxygen atoms in total. The summed E-state index contributed by atoms with van der Waals surface area (Å²) >= 11 is 0. The molecular formula is C16H23ClF2N2O2. The summed E-state index contributed by atoms with van der Waals surface area (Å²) < 4.78 is 31.0. The molecule has 1 fully saturated rings. The van der Waals surface area contributed by atoms with Crippen LogP contribution in [0.5, 0.6) is 0 Å². The Bertz CT molecular complexity index is 569. The van der Waals surface area contributed by atoms with Crippen LogP contribution in [0.15, 0.2) is 24.3 Å². The highest BCUT2D eigenvalue weighted by Gasteiger charge is 2.62. The van der Waals surface area contributed by atoms with E-state index in [9.17, 15) is 13.6 Å². The van der Waals surface area contributed by atoms with Crippen LogP contribution in [0.2, 0.25) is 0 Å². The molecule has 0 aromatic heterocycles. The Morgan fingerprint density at radius 2 is 2.13 bits per heavy atom. The van der Waals surface area contributed by atoms with Crippen LogP contribution < -0.4 is 11.1 Å². The van der Waals surface area contributed by atoms with Crippen LogP contribution in [0.3, 0.4) is 0 Å². The fourth-order valence-electron chi connectivity index (χ4n) is 2.82. The number of rotatable bonds is 5. The molecule has 0 heterocycles. The molecule has 23 heavy (non-hydrogen) atoms. The summed E-state index contributed by atoms with van der Waals surface area (Å²) in [7, 11) is 0. The second kappa shape index (κ2) is 7.11. The van der Waals surface area contributed by atoms with Crippen LogP contribution >= 0.6 is 12.4 Å². The lowest BCUT2D eigenvalue weighted by molar-refractivity contribution is -0.166. The van der Waals surface area contributed by atoms with E-state index in [0.29, 0.717) is 18.7 Å². The molecule has 2 atom stereocenters. The molecule has 0 spiro atoms. The van der Waals surface area contributed by atoms with E-state index in [1.165, 1.54) is 18.2 Å². The number of carbonyl (C=O) groups is 1. The zero-order chi connectivity index (χ0) is 16.5. The molecule has 1 saturated carbocycles. The van der Waals surface area contributed by atoms with Crippen molar-refractivity contribution < 1.29 is 18.3 Å². The van der Waals surface area contributed by atoms with Crippen molar-refractivity contribution in [1.29, 1.82) is 0 Å². The molecule has 0 aliphatic heterocycles. The fraction of sp³-hybridized carbons (Fsp3) is 0.562. The number of alkyl halides is 2. The van der Waals surface area contributed by atoms with Crippen molar-refractivity contribution in [1.82, 2.24) is 0 Å². The van der Waals surface area contributed by atoms with E-state index in [0.717, 1.165) is 0 Å². The van der Waals surface area contributed by atoms with Gasteiger partial charge >= 0.3 is 0 Å². The minimum Gasteiger partial charge on any atom is -0.378 e. The molecule has 0 bridgehead atoms. The van der Waals surface area contributed by atoms with Crippen LogP contribution in [0, 0.1) is 5.41 Å². The number of nitrogens with one attached hydrogen (secondary N) is 1. The van der Waals surface area contributed by atoms with Gasteiger partial charge in [-0.05, 0) is 19.1 Å². The van der Waals surface area contributed by atoms with E-state index in [-0.39, 0.29) is 30.0 Å². The fourth-order valence-corrected chi connectivity index (χ4v) is 2.82. The Hall–Kier alpha value is -1.24. The third kappa shape index (κ3) is 3.49. The van der Waals surface area contributed by atoms with E-state index in [1.807, 2.05) is 20.8 Å². The number of hydrogen-bond donors (Lipinski definition) is 2. The number of anilines is 1. The van der Waals surface area contributed by atoms with Gasteiger partial charge < -0.3 is 15.8 Å². The summed E-state index contributed by atoms with van der Waals surface area (Å²) in [6.45, 7) is 6.21. The largest absolute Gasteiger partial charge is 0.378 e. The van der Waals surface area contributed by atoms with Crippen LogP contribution in [0.1, 0.15) is 39.2 Å². The highest BCUT2D eigenvalue weighted by Crippen LogP contribution is 2.50. The van der Waals surface area contributed by atoms with Crippen LogP contribution in [-0.2, 0) is 9.53 Å². The Morgan fingerprint density at radius 1 is 1.48 bits per heavy atom. The smallest absolute Gasteiger partial charge is 0.263 e. The molecule has 1 aromatic rings. The van der Waals surface area contributed by atoms with Gasteiger partial charge in [0.05, 0.1) is 6.10 Å². The average Bonchev–Trinajstić information content (AvgIpc) is 2.47. The molecule has 0 saturated heterocycles. The Morgan fingerprint density at radius 3 is 2.65 bits per heavy atom. The van der Waals surface area contributed by atoms with Gasteiger partial charge in [-0.25, -0.2) is 8.78 Å². The highest BCUT2D eigenvalue weighted by molar-refractivity contribution is 5.99. The molecule has 1 aliphatic carbocycles. The number of amides is 1. The van der Waals surface area contributed by atoms with Gasteiger partial charge in [-0.15, -0.1) is 12.4 Å². The first-order chi connectivity index (χ1) is 10.2. The van der Waals surface area contributed by atoms with Gasteiger partial charge in [-0.2, -0.15) is 0 Å². The van der Waals surface area contributed by atoms with Gasteiger partial charge in [0, 0.05) is 29.7 Å². The molecule has 0 radical (unpaired) electrons. The topological polar surface area (TPSA) is 64.3 Å². The normalized spacial score (nSPS) is 25.4. The Kier molecular flexibility index (Phi) is 6.12. The van der Waals surface area contributed by atoms with Gasteiger partial charge in [0.2, 0.25) is 5.91 Å². The molecule has 2 unspecified atom stereocenters. The Balaban J connectivity index is 0.00000264. The van der Waals surface area contributed by atoms with Crippen molar-refractivity contribution in [2.75, 3.05) is 11.9 Å². The lowest BCUT2D eigenvalue weighted by Gasteiger charge is -2.57. The second-order valence-corrected chi connectivity index (χ2v) is 6.22. The van der Waals surface area contributed by atoms with Crippen molar-refractivity contribution in [3.63, 3.8) is 0 Å². The molecule has 1 amide bonds.